The predicted octanol–water partition coefficient (Wildman–Crippen LogP) is 4.33. The highest BCUT2D eigenvalue weighted by molar-refractivity contribution is 9.10. The van der Waals surface area contributed by atoms with Crippen molar-refractivity contribution in [3.05, 3.63) is 69.7 Å². The molecule has 2 aliphatic rings. The number of rotatable bonds is 4. The van der Waals surface area contributed by atoms with Gasteiger partial charge in [-0.25, -0.2) is 0 Å². The van der Waals surface area contributed by atoms with E-state index >= 15 is 0 Å². The molecule has 4 rings (SSSR count). The van der Waals surface area contributed by atoms with Gasteiger partial charge in [-0.15, -0.1) is 0 Å². The first-order chi connectivity index (χ1) is 12.1. The van der Waals surface area contributed by atoms with Crippen LogP contribution in [-0.2, 0) is 18.3 Å². The lowest BCUT2D eigenvalue weighted by molar-refractivity contribution is 0.0813. The van der Waals surface area contributed by atoms with Crippen molar-refractivity contribution in [2.45, 2.75) is 43.6 Å². The molecule has 1 N–H and O–H groups in total. The van der Waals surface area contributed by atoms with Crippen LogP contribution in [0.15, 0.2) is 53.0 Å². The quantitative estimate of drug-likeness (QED) is 0.826. The molecule has 25 heavy (non-hydrogen) atoms. The maximum absolute atomic E-state index is 10.5. The standard InChI is InChI=1S/C22H26BrNO/c23-19-7-5-17(6-8-19)15-20(25)16-24-13-11-22(12-14-24)10-9-18-3-1-2-4-21(18)22/h1-8,20,25H,9-16H2/t20-/m1/s1. The Hall–Kier alpha value is -1.16. The number of fused-ring (bicyclic) bond motifs is 2. The van der Waals surface area contributed by atoms with Crippen LogP contribution in [0.25, 0.3) is 0 Å². The molecule has 1 aliphatic heterocycles. The van der Waals surface area contributed by atoms with Gasteiger partial charge in [0.05, 0.1) is 6.10 Å². The first-order valence-electron chi connectivity index (χ1n) is 9.38. The Morgan fingerprint density at radius 2 is 1.72 bits per heavy atom. The van der Waals surface area contributed by atoms with Gasteiger partial charge in [0, 0.05) is 11.0 Å². The maximum Gasteiger partial charge on any atom is 0.0707 e. The number of nitrogens with zero attached hydrogens (tertiary/aromatic N) is 1. The number of piperidine rings is 1. The lowest BCUT2D eigenvalue weighted by Gasteiger charge is -2.40. The number of likely N-dealkylation sites (tertiary alicyclic amines) is 1. The Balaban J connectivity index is 1.33. The van der Waals surface area contributed by atoms with Gasteiger partial charge in [0.1, 0.15) is 0 Å². The lowest BCUT2D eigenvalue weighted by Crippen LogP contribution is -2.44. The summed E-state index contributed by atoms with van der Waals surface area (Å²) in [6.07, 6.45) is 5.46. The summed E-state index contributed by atoms with van der Waals surface area (Å²) in [5, 5.41) is 10.5. The van der Waals surface area contributed by atoms with Gasteiger partial charge in [-0.2, -0.15) is 0 Å². The average Bonchev–Trinajstić information content (AvgIpc) is 2.98. The van der Waals surface area contributed by atoms with Crippen LogP contribution in [0.5, 0.6) is 0 Å². The molecule has 1 atom stereocenters. The normalized spacial score (nSPS) is 20.6. The van der Waals surface area contributed by atoms with E-state index < -0.39 is 0 Å². The van der Waals surface area contributed by atoms with Crippen molar-refractivity contribution >= 4 is 15.9 Å². The van der Waals surface area contributed by atoms with E-state index in [0.717, 1.165) is 30.5 Å². The molecule has 0 amide bonds. The highest BCUT2D eigenvalue weighted by Gasteiger charge is 2.40. The topological polar surface area (TPSA) is 23.5 Å². The number of hydrogen-bond acceptors (Lipinski definition) is 2. The van der Waals surface area contributed by atoms with E-state index in [0.29, 0.717) is 5.41 Å². The van der Waals surface area contributed by atoms with E-state index in [2.05, 4.69) is 57.2 Å². The summed E-state index contributed by atoms with van der Waals surface area (Å²) in [6.45, 7) is 2.99. The van der Waals surface area contributed by atoms with Crippen molar-refractivity contribution in [1.29, 1.82) is 0 Å². The third kappa shape index (κ3) is 3.69. The Labute approximate surface area is 159 Å². The van der Waals surface area contributed by atoms with Crippen molar-refractivity contribution in [3.63, 3.8) is 0 Å². The number of benzene rings is 2. The SMILES string of the molecule is O[C@H](Cc1ccc(Br)cc1)CN1CCC2(CCc3ccccc32)CC1. The molecule has 2 aromatic carbocycles. The Bertz CT molecular complexity index is 719. The third-order valence-electron chi connectivity index (χ3n) is 6.13. The summed E-state index contributed by atoms with van der Waals surface area (Å²) in [6, 6.07) is 17.3. The molecular formula is C22H26BrNO. The van der Waals surface area contributed by atoms with E-state index in [-0.39, 0.29) is 6.10 Å². The van der Waals surface area contributed by atoms with Crippen molar-refractivity contribution < 1.29 is 5.11 Å². The second-order valence-corrected chi connectivity index (χ2v) is 8.64. The van der Waals surface area contributed by atoms with Crippen molar-refractivity contribution in [2.24, 2.45) is 0 Å². The zero-order valence-electron chi connectivity index (χ0n) is 14.6. The van der Waals surface area contributed by atoms with Crippen molar-refractivity contribution in [3.8, 4) is 0 Å². The maximum atomic E-state index is 10.5. The highest BCUT2D eigenvalue weighted by atomic mass is 79.9. The van der Waals surface area contributed by atoms with Crippen LogP contribution in [0.3, 0.4) is 0 Å². The Kier molecular flexibility index (Phi) is 4.99. The van der Waals surface area contributed by atoms with Crippen molar-refractivity contribution in [2.75, 3.05) is 19.6 Å². The summed E-state index contributed by atoms with van der Waals surface area (Å²) in [5.74, 6) is 0. The fraction of sp³-hybridized carbons (Fsp3) is 0.455. The van der Waals surface area contributed by atoms with Crippen LogP contribution < -0.4 is 0 Å². The minimum atomic E-state index is -0.286. The van der Waals surface area contributed by atoms with Gasteiger partial charge in [-0.3, -0.25) is 0 Å². The molecule has 0 saturated carbocycles. The molecular weight excluding hydrogens is 374 g/mol. The molecule has 1 heterocycles. The lowest BCUT2D eigenvalue weighted by atomic mass is 9.74. The van der Waals surface area contributed by atoms with Crippen molar-refractivity contribution in [1.82, 2.24) is 4.90 Å². The van der Waals surface area contributed by atoms with Crippen LogP contribution >= 0.6 is 15.9 Å². The Morgan fingerprint density at radius 1 is 1.00 bits per heavy atom. The summed E-state index contributed by atoms with van der Waals surface area (Å²) < 4.78 is 1.09. The van der Waals surface area contributed by atoms with E-state index in [1.54, 1.807) is 11.1 Å². The van der Waals surface area contributed by atoms with E-state index in [1.165, 1.54) is 31.2 Å². The molecule has 0 radical (unpaired) electrons. The van der Waals surface area contributed by atoms with Gasteiger partial charge in [-0.1, -0.05) is 52.3 Å². The largest absolute Gasteiger partial charge is 0.391 e. The van der Waals surface area contributed by atoms with Gasteiger partial charge in [-0.05, 0) is 79.4 Å². The molecule has 0 unspecified atom stereocenters. The fourth-order valence-electron chi connectivity index (χ4n) is 4.70. The highest BCUT2D eigenvalue weighted by Crippen LogP contribution is 2.46. The van der Waals surface area contributed by atoms with Gasteiger partial charge in [0.2, 0.25) is 0 Å². The summed E-state index contributed by atoms with van der Waals surface area (Å²) in [5.41, 5.74) is 4.77. The monoisotopic (exact) mass is 399 g/mol. The fourth-order valence-corrected chi connectivity index (χ4v) is 4.97. The van der Waals surface area contributed by atoms with Gasteiger partial charge >= 0.3 is 0 Å². The first kappa shape index (κ1) is 17.3. The Morgan fingerprint density at radius 3 is 2.48 bits per heavy atom. The molecule has 1 fully saturated rings. The molecule has 0 bridgehead atoms. The minimum Gasteiger partial charge on any atom is -0.391 e. The van der Waals surface area contributed by atoms with E-state index in [4.69, 9.17) is 0 Å². The summed E-state index contributed by atoms with van der Waals surface area (Å²) >= 11 is 3.46. The number of aliphatic hydroxyl groups excluding tert-OH is 1. The molecule has 1 spiro atoms. The molecule has 2 nitrogen and oxygen atoms in total. The van der Waals surface area contributed by atoms with Crippen LogP contribution in [0.2, 0.25) is 0 Å². The van der Waals surface area contributed by atoms with Crippen LogP contribution in [0, 0.1) is 0 Å². The zero-order valence-corrected chi connectivity index (χ0v) is 16.2. The average molecular weight is 400 g/mol. The molecule has 0 aromatic heterocycles. The number of β-amino-alcohol motifs (C(OH)–C–C–N with tert-alkyl or cyclic N) is 1. The van der Waals surface area contributed by atoms with Gasteiger partial charge in [0.15, 0.2) is 0 Å². The third-order valence-corrected chi connectivity index (χ3v) is 6.66. The number of aryl methyl sites for hydroxylation is 1. The second-order valence-electron chi connectivity index (χ2n) is 7.72. The number of aliphatic hydroxyl groups is 1. The van der Waals surface area contributed by atoms with Crippen LogP contribution in [-0.4, -0.2) is 35.7 Å². The van der Waals surface area contributed by atoms with E-state index in [1.807, 2.05) is 12.1 Å². The predicted molar refractivity (Wildman–Crippen MR) is 106 cm³/mol. The molecule has 3 heteroatoms. The summed E-state index contributed by atoms with van der Waals surface area (Å²) in [7, 11) is 0. The first-order valence-corrected chi connectivity index (χ1v) is 10.2. The zero-order chi connectivity index (χ0) is 17.3. The van der Waals surface area contributed by atoms with Gasteiger partial charge < -0.3 is 10.0 Å². The van der Waals surface area contributed by atoms with Crippen LogP contribution in [0.1, 0.15) is 36.0 Å². The second kappa shape index (κ2) is 7.22. The smallest absolute Gasteiger partial charge is 0.0707 e. The summed E-state index contributed by atoms with van der Waals surface area (Å²) in [4.78, 5) is 2.45. The molecule has 1 saturated heterocycles. The van der Waals surface area contributed by atoms with Crippen LogP contribution in [0.4, 0.5) is 0 Å². The van der Waals surface area contributed by atoms with Gasteiger partial charge in [0.25, 0.3) is 0 Å². The minimum absolute atomic E-state index is 0.286. The molecule has 2 aromatic rings. The molecule has 132 valence electrons. The number of hydrogen-bond donors (Lipinski definition) is 1. The number of halogens is 1. The molecule has 1 aliphatic carbocycles. The van der Waals surface area contributed by atoms with E-state index in [9.17, 15) is 5.11 Å².